The molecule has 0 aliphatic carbocycles. The van der Waals surface area contributed by atoms with Crippen molar-refractivity contribution in [2.45, 2.75) is 186 Å². The van der Waals surface area contributed by atoms with E-state index in [0.29, 0.717) is 6.42 Å². The molecule has 18 heteroatoms. The highest BCUT2D eigenvalue weighted by Crippen LogP contribution is 2.13. The molecule has 0 saturated heterocycles. The molecule has 0 aromatic rings. The summed E-state index contributed by atoms with van der Waals surface area (Å²) >= 11 is 0. The highest BCUT2D eigenvalue weighted by molar-refractivity contribution is 5.96. The number of aliphatic carboxylic acids is 1. The third kappa shape index (κ3) is 23.3. The molecule has 6 amide bonds. The van der Waals surface area contributed by atoms with Crippen LogP contribution in [0.2, 0.25) is 0 Å². The van der Waals surface area contributed by atoms with E-state index in [1.807, 2.05) is 0 Å². The van der Waals surface area contributed by atoms with Gasteiger partial charge >= 0.3 is 5.97 Å². The SMILES string of the molecule is CCCCCCCCCCCCCCCC(=O)N[C@@H](C)C(=O)N[C@@H](CO)C(=O)N[C@H](C(=O)N[C@H](C(=O)N[C@@H](CO)C(=O)N[C@H](C)CCC(=O)O)[C@@H](C)O)[C@@H](C)O. The van der Waals surface area contributed by atoms with E-state index >= 15 is 0 Å². The molecule has 0 aromatic heterocycles. The van der Waals surface area contributed by atoms with Gasteiger partial charge in [0.15, 0.2) is 0 Å². The Hall–Kier alpha value is -3.87. The van der Waals surface area contributed by atoms with Gasteiger partial charge in [0.1, 0.15) is 30.2 Å². The smallest absolute Gasteiger partial charge is 0.303 e. The Bertz CT molecular complexity index is 1200. The van der Waals surface area contributed by atoms with Gasteiger partial charge in [-0.15, -0.1) is 0 Å². The summed E-state index contributed by atoms with van der Waals surface area (Å²) in [4.78, 5) is 87.7. The van der Waals surface area contributed by atoms with E-state index in [4.69, 9.17) is 5.11 Å². The minimum atomic E-state index is -1.76. The van der Waals surface area contributed by atoms with Crippen LogP contribution >= 0.6 is 0 Å². The molecule has 56 heavy (non-hydrogen) atoms. The average molecular weight is 803 g/mol. The van der Waals surface area contributed by atoms with Crippen molar-refractivity contribution >= 4 is 41.4 Å². The Kier molecular flexibility index (Phi) is 28.2. The number of carbonyl (C=O) groups is 7. The van der Waals surface area contributed by atoms with Gasteiger partial charge < -0.3 is 57.4 Å². The highest BCUT2D eigenvalue weighted by atomic mass is 16.4. The number of hydrogen-bond acceptors (Lipinski definition) is 11. The van der Waals surface area contributed by atoms with E-state index in [-0.39, 0.29) is 25.2 Å². The van der Waals surface area contributed by atoms with Crippen molar-refractivity contribution in [1.29, 1.82) is 0 Å². The van der Waals surface area contributed by atoms with Gasteiger partial charge in [-0.2, -0.15) is 0 Å². The van der Waals surface area contributed by atoms with E-state index in [9.17, 15) is 54.0 Å². The maximum atomic E-state index is 13.1. The number of carboxylic acid groups (broad SMARTS) is 1. The minimum absolute atomic E-state index is 0.0714. The van der Waals surface area contributed by atoms with Gasteiger partial charge in [-0.3, -0.25) is 33.6 Å². The van der Waals surface area contributed by atoms with Crippen LogP contribution in [0, 0.1) is 0 Å². The summed E-state index contributed by atoms with van der Waals surface area (Å²) in [7, 11) is 0. The van der Waals surface area contributed by atoms with Crippen molar-refractivity contribution in [2.24, 2.45) is 0 Å². The summed E-state index contributed by atoms with van der Waals surface area (Å²) in [6.07, 6.45) is 12.0. The van der Waals surface area contributed by atoms with Crippen LogP contribution in [-0.2, 0) is 33.6 Å². The van der Waals surface area contributed by atoms with Gasteiger partial charge in [0.05, 0.1) is 25.4 Å². The predicted molar refractivity (Wildman–Crippen MR) is 208 cm³/mol. The van der Waals surface area contributed by atoms with E-state index in [1.54, 1.807) is 0 Å². The van der Waals surface area contributed by atoms with E-state index in [0.717, 1.165) is 33.1 Å². The number of carboxylic acids is 1. The summed E-state index contributed by atoms with van der Waals surface area (Å²) in [6.45, 7) is 5.62. The summed E-state index contributed by atoms with van der Waals surface area (Å²) < 4.78 is 0. The summed E-state index contributed by atoms with van der Waals surface area (Å²) in [5.74, 6) is -6.42. The molecular weight excluding hydrogens is 732 g/mol. The first-order chi connectivity index (χ1) is 26.5. The maximum Gasteiger partial charge on any atom is 0.303 e. The normalized spacial score (nSPS) is 15.4. The number of carbonyl (C=O) groups excluding carboxylic acids is 6. The molecule has 0 saturated carbocycles. The first-order valence-corrected chi connectivity index (χ1v) is 20.1. The second kappa shape index (κ2) is 30.3. The Labute approximate surface area is 331 Å². The number of hydrogen-bond donors (Lipinski definition) is 11. The van der Waals surface area contributed by atoms with Crippen LogP contribution in [0.3, 0.4) is 0 Å². The molecule has 0 rings (SSSR count). The first-order valence-electron chi connectivity index (χ1n) is 20.1. The van der Waals surface area contributed by atoms with Gasteiger partial charge in [0, 0.05) is 18.9 Å². The highest BCUT2D eigenvalue weighted by Gasteiger charge is 2.35. The van der Waals surface area contributed by atoms with Gasteiger partial charge in [-0.1, -0.05) is 84.0 Å². The number of aliphatic hydroxyl groups is 4. The van der Waals surface area contributed by atoms with Crippen LogP contribution in [0.1, 0.15) is 137 Å². The van der Waals surface area contributed by atoms with E-state index < -0.39 is 97.2 Å². The molecule has 324 valence electrons. The fourth-order valence-corrected chi connectivity index (χ4v) is 5.69. The lowest BCUT2D eigenvalue weighted by molar-refractivity contribution is -0.138. The molecule has 18 nitrogen and oxygen atoms in total. The molecule has 0 aromatic carbocycles. The van der Waals surface area contributed by atoms with Crippen molar-refractivity contribution in [3.05, 3.63) is 0 Å². The van der Waals surface area contributed by atoms with Crippen molar-refractivity contribution in [2.75, 3.05) is 13.2 Å². The largest absolute Gasteiger partial charge is 0.481 e. The molecule has 11 N–H and O–H groups in total. The molecule has 0 fully saturated rings. The summed E-state index contributed by atoms with van der Waals surface area (Å²) in [6, 6.07) is -8.34. The minimum Gasteiger partial charge on any atom is -0.481 e. The lowest BCUT2D eigenvalue weighted by Crippen LogP contribution is -2.63. The van der Waals surface area contributed by atoms with Gasteiger partial charge in [0.25, 0.3) is 0 Å². The number of rotatable bonds is 32. The molecule has 0 radical (unpaired) electrons. The Morgan fingerprint density at radius 2 is 0.875 bits per heavy atom. The van der Waals surface area contributed by atoms with Gasteiger partial charge in [-0.05, 0) is 40.5 Å². The second-order valence-corrected chi connectivity index (χ2v) is 14.6. The Morgan fingerprint density at radius 1 is 0.482 bits per heavy atom. The van der Waals surface area contributed by atoms with Crippen LogP contribution in [0.5, 0.6) is 0 Å². The second-order valence-electron chi connectivity index (χ2n) is 14.6. The molecule has 0 aliphatic heterocycles. The zero-order chi connectivity index (χ0) is 42.6. The van der Waals surface area contributed by atoms with E-state index in [1.165, 1.54) is 71.6 Å². The Morgan fingerprint density at radius 3 is 1.30 bits per heavy atom. The Balaban J connectivity index is 4.97. The topological polar surface area (TPSA) is 293 Å². The third-order valence-corrected chi connectivity index (χ3v) is 9.21. The van der Waals surface area contributed by atoms with Crippen LogP contribution in [-0.4, -0.2) is 129 Å². The fourth-order valence-electron chi connectivity index (χ4n) is 5.69. The molecule has 0 aliphatic rings. The van der Waals surface area contributed by atoms with Crippen LogP contribution in [0.4, 0.5) is 0 Å². The fraction of sp³-hybridized carbons (Fsp3) is 0.816. The van der Waals surface area contributed by atoms with Crippen LogP contribution in [0.25, 0.3) is 0 Å². The zero-order valence-corrected chi connectivity index (χ0v) is 33.9. The van der Waals surface area contributed by atoms with Crippen molar-refractivity contribution in [3.8, 4) is 0 Å². The molecular formula is C38H70N6O12. The monoisotopic (exact) mass is 803 g/mol. The number of unbranched alkanes of at least 4 members (excludes halogenated alkanes) is 12. The van der Waals surface area contributed by atoms with Gasteiger partial charge in [0.2, 0.25) is 35.4 Å². The quantitative estimate of drug-likeness (QED) is 0.0402. The van der Waals surface area contributed by atoms with Crippen LogP contribution in [0.15, 0.2) is 0 Å². The number of aliphatic hydroxyl groups excluding tert-OH is 4. The molecule has 0 spiro atoms. The van der Waals surface area contributed by atoms with Crippen LogP contribution < -0.4 is 31.9 Å². The molecule has 0 heterocycles. The molecule has 8 atom stereocenters. The van der Waals surface area contributed by atoms with Crippen molar-refractivity contribution in [1.82, 2.24) is 31.9 Å². The summed E-state index contributed by atoms with van der Waals surface area (Å²) in [5.41, 5.74) is 0. The average Bonchev–Trinajstić information content (AvgIpc) is 3.14. The maximum absolute atomic E-state index is 13.1. The molecule has 0 bridgehead atoms. The first kappa shape index (κ1) is 52.1. The summed E-state index contributed by atoms with van der Waals surface area (Å²) in [5, 5.41) is 62.8. The standard InChI is InChI=1S/C38H70N6O12/c1-6-7-8-9-10-11-12-13-14-15-16-17-18-19-30(49)40-25(3)34(52)41-29(23-46)36(54)43-33(27(5)48)38(56)44-32(26(4)47)37(55)42-28(22-45)35(53)39-24(2)20-21-31(50)51/h24-29,32-33,45-48H,6-23H2,1-5H3,(H,39,53)(H,40,49)(H,41,52)(H,42,55)(H,43,54)(H,44,56)(H,50,51)/t24-,25+,26-,27-,28+,29+,32+,33+/m1/s1. The van der Waals surface area contributed by atoms with Crippen molar-refractivity contribution in [3.63, 3.8) is 0 Å². The van der Waals surface area contributed by atoms with E-state index in [2.05, 4.69) is 38.8 Å². The number of amides is 6. The van der Waals surface area contributed by atoms with Gasteiger partial charge in [-0.25, -0.2) is 0 Å². The van der Waals surface area contributed by atoms with Crippen molar-refractivity contribution < 1.29 is 59.1 Å². The lowest BCUT2D eigenvalue weighted by atomic mass is 10.0. The lowest BCUT2D eigenvalue weighted by Gasteiger charge is -2.28. The predicted octanol–water partition coefficient (Wildman–Crippen LogP) is 0.0273. The third-order valence-electron chi connectivity index (χ3n) is 9.21. The molecule has 0 unspecified atom stereocenters. The number of nitrogens with one attached hydrogen (secondary N) is 6. The zero-order valence-electron chi connectivity index (χ0n) is 33.9.